The van der Waals surface area contributed by atoms with Crippen LogP contribution in [-0.4, -0.2) is 48.6 Å². The summed E-state index contributed by atoms with van der Waals surface area (Å²) in [6.45, 7) is 11.9. The fourth-order valence-corrected chi connectivity index (χ4v) is 3.61. The second kappa shape index (κ2) is 8.29. The Balaban J connectivity index is 1.78. The first kappa shape index (κ1) is 17.0. The third-order valence-electron chi connectivity index (χ3n) is 3.96. The van der Waals surface area contributed by atoms with Crippen molar-refractivity contribution in [2.75, 3.05) is 26.7 Å². The molecule has 0 aliphatic carbocycles. The van der Waals surface area contributed by atoms with Crippen LogP contribution in [0.4, 0.5) is 0 Å². The summed E-state index contributed by atoms with van der Waals surface area (Å²) in [5, 5.41) is 8.06. The lowest BCUT2D eigenvalue weighted by Crippen LogP contribution is -2.48. The molecule has 22 heavy (non-hydrogen) atoms. The molecule has 2 N–H and O–H groups in total. The van der Waals surface area contributed by atoms with Crippen LogP contribution in [-0.2, 0) is 6.54 Å². The minimum Gasteiger partial charge on any atom is -0.354 e. The SMILES string of the molecule is C=CCN1CCC(NC(=NC)NCc2sc(C)nc2C)CC1. The molecule has 1 aromatic heterocycles. The predicted octanol–water partition coefficient (Wildman–Crippen LogP) is 2.08. The predicted molar refractivity (Wildman–Crippen MR) is 94.6 cm³/mol. The fourth-order valence-electron chi connectivity index (χ4n) is 2.73. The van der Waals surface area contributed by atoms with Gasteiger partial charge in [-0.05, 0) is 26.7 Å². The van der Waals surface area contributed by atoms with Crippen molar-refractivity contribution in [2.45, 2.75) is 39.3 Å². The van der Waals surface area contributed by atoms with Gasteiger partial charge in [0, 0.05) is 37.6 Å². The minimum absolute atomic E-state index is 0.497. The molecule has 1 fully saturated rings. The Hall–Kier alpha value is -1.40. The average molecular weight is 321 g/mol. The topological polar surface area (TPSA) is 52.5 Å². The molecular formula is C16H27N5S. The van der Waals surface area contributed by atoms with Crippen molar-refractivity contribution < 1.29 is 0 Å². The van der Waals surface area contributed by atoms with E-state index in [9.17, 15) is 0 Å². The van der Waals surface area contributed by atoms with Crippen LogP contribution in [0.25, 0.3) is 0 Å². The number of aryl methyl sites for hydroxylation is 2. The van der Waals surface area contributed by atoms with E-state index in [2.05, 4.69) is 39.0 Å². The molecule has 1 saturated heterocycles. The Labute approximate surface area is 137 Å². The summed E-state index contributed by atoms with van der Waals surface area (Å²) in [5.41, 5.74) is 1.11. The summed E-state index contributed by atoms with van der Waals surface area (Å²) >= 11 is 1.75. The molecule has 0 atom stereocenters. The molecule has 5 nitrogen and oxygen atoms in total. The summed E-state index contributed by atoms with van der Waals surface area (Å²) in [5.74, 6) is 0.882. The van der Waals surface area contributed by atoms with E-state index in [1.165, 1.54) is 4.88 Å². The van der Waals surface area contributed by atoms with Crippen LogP contribution in [0.3, 0.4) is 0 Å². The molecule has 122 valence electrons. The molecular weight excluding hydrogens is 294 g/mol. The van der Waals surface area contributed by atoms with Gasteiger partial charge in [-0.3, -0.25) is 9.89 Å². The van der Waals surface area contributed by atoms with Gasteiger partial charge < -0.3 is 10.6 Å². The Morgan fingerprint density at radius 3 is 2.73 bits per heavy atom. The molecule has 0 amide bonds. The monoisotopic (exact) mass is 321 g/mol. The maximum atomic E-state index is 4.46. The number of piperidine rings is 1. The molecule has 0 bridgehead atoms. The number of rotatable bonds is 5. The zero-order valence-electron chi connectivity index (χ0n) is 13.9. The third-order valence-corrected chi connectivity index (χ3v) is 5.03. The van der Waals surface area contributed by atoms with Crippen LogP contribution in [0, 0.1) is 13.8 Å². The summed E-state index contributed by atoms with van der Waals surface area (Å²) in [6, 6.07) is 0.497. The van der Waals surface area contributed by atoms with Crippen molar-refractivity contribution in [1.29, 1.82) is 0 Å². The van der Waals surface area contributed by atoms with Crippen LogP contribution < -0.4 is 10.6 Å². The number of hydrogen-bond acceptors (Lipinski definition) is 4. The van der Waals surface area contributed by atoms with E-state index in [0.29, 0.717) is 6.04 Å². The third kappa shape index (κ3) is 4.81. The average Bonchev–Trinajstić information content (AvgIpc) is 2.83. The first-order chi connectivity index (χ1) is 10.6. The van der Waals surface area contributed by atoms with E-state index in [-0.39, 0.29) is 0 Å². The van der Waals surface area contributed by atoms with Gasteiger partial charge in [-0.25, -0.2) is 4.98 Å². The van der Waals surface area contributed by atoms with Crippen LogP contribution >= 0.6 is 11.3 Å². The molecule has 0 unspecified atom stereocenters. The molecule has 1 aliphatic heterocycles. The Bertz CT molecular complexity index is 515. The van der Waals surface area contributed by atoms with Gasteiger partial charge in [0.2, 0.25) is 0 Å². The normalized spacial score (nSPS) is 17.5. The Morgan fingerprint density at radius 1 is 1.45 bits per heavy atom. The number of guanidine groups is 1. The zero-order valence-corrected chi connectivity index (χ0v) is 14.7. The van der Waals surface area contributed by atoms with Crippen molar-refractivity contribution in [3.63, 3.8) is 0 Å². The van der Waals surface area contributed by atoms with Crippen LogP contribution in [0.1, 0.15) is 28.4 Å². The number of thiazole rings is 1. The molecule has 0 saturated carbocycles. The number of aromatic nitrogens is 1. The molecule has 0 aromatic carbocycles. The molecule has 6 heteroatoms. The first-order valence-electron chi connectivity index (χ1n) is 7.85. The van der Waals surface area contributed by atoms with Crippen LogP contribution in [0.2, 0.25) is 0 Å². The van der Waals surface area contributed by atoms with E-state index in [1.54, 1.807) is 11.3 Å². The highest BCUT2D eigenvalue weighted by atomic mass is 32.1. The van der Waals surface area contributed by atoms with Gasteiger partial charge in [-0.15, -0.1) is 17.9 Å². The highest BCUT2D eigenvalue weighted by Crippen LogP contribution is 2.16. The first-order valence-corrected chi connectivity index (χ1v) is 8.67. The van der Waals surface area contributed by atoms with Crippen molar-refractivity contribution in [3.8, 4) is 0 Å². The molecule has 1 aromatic rings. The number of likely N-dealkylation sites (tertiary alicyclic amines) is 1. The molecule has 2 rings (SSSR count). The second-order valence-electron chi connectivity index (χ2n) is 5.68. The minimum atomic E-state index is 0.497. The lowest BCUT2D eigenvalue weighted by molar-refractivity contribution is 0.225. The zero-order chi connectivity index (χ0) is 15.9. The largest absolute Gasteiger partial charge is 0.354 e. The lowest BCUT2D eigenvalue weighted by atomic mass is 10.1. The molecule has 0 radical (unpaired) electrons. The lowest BCUT2D eigenvalue weighted by Gasteiger charge is -2.32. The van der Waals surface area contributed by atoms with Gasteiger partial charge in [0.25, 0.3) is 0 Å². The van der Waals surface area contributed by atoms with Gasteiger partial charge in [-0.2, -0.15) is 0 Å². The molecule has 1 aliphatic rings. The summed E-state index contributed by atoms with van der Waals surface area (Å²) in [4.78, 5) is 12.5. The van der Waals surface area contributed by atoms with Gasteiger partial charge in [-0.1, -0.05) is 6.08 Å². The van der Waals surface area contributed by atoms with Gasteiger partial charge >= 0.3 is 0 Å². The van der Waals surface area contributed by atoms with E-state index in [4.69, 9.17) is 0 Å². The van der Waals surface area contributed by atoms with E-state index in [1.807, 2.05) is 20.0 Å². The summed E-state index contributed by atoms with van der Waals surface area (Å²) in [6.07, 6.45) is 4.27. The van der Waals surface area contributed by atoms with Crippen molar-refractivity contribution in [2.24, 2.45) is 4.99 Å². The Morgan fingerprint density at radius 2 is 2.18 bits per heavy atom. The summed E-state index contributed by atoms with van der Waals surface area (Å²) in [7, 11) is 1.83. The van der Waals surface area contributed by atoms with Crippen molar-refractivity contribution in [1.82, 2.24) is 20.5 Å². The standard InChI is InChI=1S/C16H27N5S/c1-5-8-21-9-6-14(7-10-21)20-16(17-4)18-11-15-12(2)19-13(3)22-15/h5,14H,1,6-11H2,2-4H3,(H2,17,18,20). The fraction of sp³-hybridized carbons (Fsp3) is 0.625. The van der Waals surface area contributed by atoms with E-state index < -0.39 is 0 Å². The number of nitrogens with one attached hydrogen (secondary N) is 2. The van der Waals surface area contributed by atoms with E-state index in [0.717, 1.165) is 55.7 Å². The van der Waals surface area contributed by atoms with Crippen LogP contribution in [0.15, 0.2) is 17.6 Å². The van der Waals surface area contributed by atoms with Crippen LogP contribution in [0.5, 0.6) is 0 Å². The van der Waals surface area contributed by atoms with Gasteiger partial charge in [0.15, 0.2) is 5.96 Å². The number of hydrogen-bond donors (Lipinski definition) is 2. The van der Waals surface area contributed by atoms with Crippen molar-refractivity contribution in [3.05, 3.63) is 28.2 Å². The van der Waals surface area contributed by atoms with Crippen molar-refractivity contribution >= 4 is 17.3 Å². The maximum absolute atomic E-state index is 4.46. The molecule has 2 heterocycles. The summed E-state index contributed by atoms with van der Waals surface area (Å²) < 4.78 is 0. The highest BCUT2D eigenvalue weighted by Gasteiger charge is 2.19. The van der Waals surface area contributed by atoms with E-state index >= 15 is 0 Å². The highest BCUT2D eigenvalue weighted by molar-refractivity contribution is 7.11. The quantitative estimate of drug-likeness (QED) is 0.495. The molecule has 0 spiro atoms. The number of nitrogens with zero attached hydrogens (tertiary/aromatic N) is 3. The second-order valence-corrected chi connectivity index (χ2v) is 6.96. The maximum Gasteiger partial charge on any atom is 0.191 e. The van der Waals surface area contributed by atoms with Gasteiger partial charge in [0.1, 0.15) is 0 Å². The van der Waals surface area contributed by atoms with Gasteiger partial charge in [0.05, 0.1) is 17.2 Å². The number of aliphatic imine (C=N–C) groups is 1. The smallest absolute Gasteiger partial charge is 0.191 e. The Kier molecular flexibility index (Phi) is 6.39.